The van der Waals surface area contributed by atoms with Crippen molar-refractivity contribution >= 4 is 11.8 Å². The molecule has 0 aromatic rings. The van der Waals surface area contributed by atoms with E-state index in [9.17, 15) is 14.7 Å². The molecule has 1 fully saturated rings. The van der Waals surface area contributed by atoms with Gasteiger partial charge in [-0.3, -0.25) is 4.79 Å². The second-order valence-corrected chi connectivity index (χ2v) is 3.29. The van der Waals surface area contributed by atoms with Gasteiger partial charge in [-0.2, -0.15) is 0 Å². The van der Waals surface area contributed by atoms with Crippen LogP contribution in [0.25, 0.3) is 0 Å². The summed E-state index contributed by atoms with van der Waals surface area (Å²) in [6.45, 7) is 1.95. The van der Waals surface area contributed by atoms with E-state index in [1.54, 1.807) is 6.92 Å². The third-order valence-electron chi connectivity index (χ3n) is 2.29. The van der Waals surface area contributed by atoms with Gasteiger partial charge in [-0.15, -0.1) is 0 Å². The standard InChI is InChI=1S/C9H14O4/c1-2-13-8(11)9(12)5-3-7(10)4-6-9/h12H,2-6H2,1H3. The van der Waals surface area contributed by atoms with E-state index in [1.165, 1.54) is 0 Å². The number of hydrogen-bond acceptors (Lipinski definition) is 4. The number of carbonyl (C=O) groups is 2. The number of esters is 1. The van der Waals surface area contributed by atoms with Crippen molar-refractivity contribution in [2.24, 2.45) is 0 Å². The summed E-state index contributed by atoms with van der Waals surface area (Å²) >= 11 is 0. The zero-order chi connectivity index (χ0) is 9.90. The van der Waals surface area contributed by atoms with Crippen molar-refractivity contribution in [3.05, 3.63) is 0 Å². The van der Waals surface area contributed by atoms with Gasteiger partial charge < -0.3 is 9.84 Å². The summed E-state index contributed by atoms with van der Waals surface area (Å²) in [7, 11) is 0. The number of rotatable bonds is 2. The van der Waals surface area contributed by atoms with Crippen molar-refractivity contribution in [2.45, 2.75) is 38.2 Å². The lowest BCUT2D eigenvalue weighted by Crippen LogP contribution is -2.43. The van der Waals surface area contributed by atoms with Crippen LogP contribution in [0.4, 0.5) is 0 Å². The fourth-order valence-corrected chi connectivity index (χ4v) is 1.41. The lowest BCUT2D eigenvalue weighted by atomic mass is 9.84. The molecule has 4 nitrogen and oxygen atoms in total. The number of hydrogen-bond donors (Lipinski definition) is 1. The van der Waals surface area contributed by atoms with Crippen LogP contribution in [0.1, 0.15) is 32.6 Å². The highest BCUT2D eigenvalue weighted by Crippen LogP contribution is 2.27. The van der Waals surface area contributed by atoms with E-state index in [4.69, 9.17) is 4.74 Å². The molecule has 0 amide bonds. The first-order valence-corrected chi connectivity index (χ1v) is 4.50. The van der Waals surface area contributed by atoms with Gasteiger partial charge in [-0.05, 0) is 19.8 Å². The van der Waals surface area contributed by atoms with Gasteiger partial charge in [0.2, 0.25) is 0 Å². The Kier molecular flexibility index (Phi) is 3.03. The van der Waals surface area contributed by atoms with Crippen LogP contribution in [0.15, 0.2) is 0 Å². The highest BCUT2D eigenvalue weighted by molar-refractivity contribution is 5.85. The van der Waals surface area contributed by atoms with E-state index >= 15 is 0 Å². The third kappa shape index (κ3) is 2.28. The topological polar surface area (TPSA) is 63.6 Å². The minimum Gasteiger partial charge on any atom is -0.464 e. The molecule has 13 heavy (non-hydrogen) atoms. The maximum absolute atomic E-state index is 11.2. The molecular weight excluding hydrogens is 172 g/mol. The molecule has 0 heterocycles. The lowest BCUT2D eigenvalue weighted by Gasteiger charge is -2.28. The first-order chi connectivity index (χ1) is 6.08. The van der Waals surface area contributed by atoms with Gasteiger partial charge in [-0.1, -0.05) is 0 Å². The molecule has 1 N–H and O–H groups in total. The van der Waals surface area contributed by atoms with E-state index in [2.05, 4.69) is 0 Å². The van der Waals surface area contributed by atoms with E-state index in [0.29, 0.717) is 0 Å². The average Bonchev–Trinajstić information content (AvgIpc) is 2.11. The van der Waals surface area contributed by atoms with Crippen molar-refractivity contribution < 1.29 is 19.4 Å². The summed E-state index contributed by atoms with van der Waals surface area (Å²) < 4.78 is 4.72. The van der Waals surface area contributed by atoms with Crippen LogP contribution >= 0.6 is 0 Å². The molecule has 0 bridgehead atoms. The minimum absolute atomic E-state index is 0.106. The molecule has 0 atom stereocenters. The van der Waals surface area contributed by atoms with E-state index in [1.807, 2.05) is 0 Å². The molecule has 0 spiro atoms. The molecule has 0 unspecified atom stereocenters. The van der Waals surface area contributed by atoms with E-state index in [0.717, 1.165) is 0 Å². The van der Waals surface area contributed by atoms with Crippen molar-refractivity contribution in [1.82, 2.24) is 0 Å². The van der Waals surface area contributed by atoms with E-state index in [-0.39, 0.29) is 38.1 Å². The molecule has 0 saturated heterocycles. The smallest absolute Gasteiger partial charge is 0.338 e. The van der Waals surface area contributed by atoms with Crippen LogP contribution in [-0.4, -0.2) is 29.1 Å². The predicted molar refractivity (Wildman–Crippen MR) is 45.1 cm³/mol. The first-order valence-electron chi connectivity index (χ1n) is 4.50. The van der Waals surface area contributed by atoms with Crippen LogP contribution in [0.3, 0.4) is 0 Å². The number of ketones is 1. The van der Waals surface area contributed by atoms with Gasteiger partial charge in [0.1, 0.15) is 5.78 Å². The molecule has 1 aliphatic rings. The Hall–Kier alpha value is -0.900. The van der Waals surface area contributed by atoms with Crippen molar-refractivity contribution in [1.29, 1.82) is 0 Å². The van der Waals surface area contributed by atoms with Crippen LogP contribution in [0, 0.1) is 0 Å². The van der Waals surface area contributed by atoms with Gasteiger partial charge >= 0.3 is 5.97 Å². The molecule has 1 saturated carbocycles. The zero-order valence-electron chi connectivity index (χ0n) is 7.71. The number of Topliss-reactive ketones (excluding diaryl/α,β-unsaturated/α-hetero) is 1. The second kappa shape index (κ2) is 3.87. The SMILES string of the molecule is CCOC(=O)C1(O)CCC(=O)CC1. The number of ether oxygens (including phenoxy) is 1. The van der Waals surface area contributed by atoms with Gasteiger partial charge in [0.15, 0.2) is 5.60 Å². The molecule has 0 radical (unpaired) electrons. The third-order valence-corrected chi connectivity index (χ3v) is 2.29. The Morgan fingerprint density at radius 1 is 1.54 bits per heavy atom. The summed E-state index contributed by atoms with van der Waals surface area (Å²) in [5, 5.41) is 9.76. The predicted octanol–water partition coefficient (Wildman–Crippen LogP) is 0.424. The fourth-order valence-electron chi connectivity index (χ4n) is 1.41. The Balaban J connectivity index is 2.56. The fraction of sp³-hybridized carbons (Fsp3) is 0.778. The molecule has 1 aliphatic carbocycles. The van der Waals surface area contributed by atoms with Crippen LogP contribution in [0.2, 0.25) is 0 Å². The summed E-state index contributed by atoms with van der Waals surface area (Å²) in [4.78, 5) is 22.1. The van der Waals surface area contributed by atoms with E-state index < -0.39 is 11.6 Å². The quantitative estimate of drug-likeness (QED) is 0.635. The summed E-state index contributed by atoms with van der Waals surface area (Å²) in [6.07, 6.45) is 0.944. The Morgan fingerprint density at radius 2 is 2.08 bits per heavy atom. The summed E-state index contributed by atoms with van der Waals surface area (Å²) in [5.41, 5.74) is -1.41. The molecule has 1 rings (SSSR count). The van der Waals surface area contributed by atoms with Crippen LogP contribution in [-0.2, 0) is 14.3 Å². The Bertz CT molecular complexity index is 212. The van der Waals surface area contributed by atoms with Gasteiger partial charge in [0.25, 0.3) is 0 Å². The molecule has 0 aromatic carbocycles. The van der Waals surface area contributed by atoms with Gasteiger partial charge in [0.05, 0.1) is 6.61 Å². The molecular formula is C9H14O4. The summed E-state index contributed by atoms with van der Waals surface area (Å²) in [5.74, 6) is -0.489. The Labute approximate surface area is 76.9 Å². The normalized spacial score (nSPS) is 21.2. The average molecular weight is 186 g/mol. The first kappa shape index (κ1) is 10.2. The highest BCUT2D eigenvalue weighted by Gasteiger charge is 2.40. The summed E-state index contributed by atoms with van der Waals surface area (Å²) in [6, 6.07) is 0. The van der Waals surface area contributed by atoms with Crippen molar-refractivity contribution in [2.75, 3.05) is 6.61 Å². The molecule has 4 heteroatoms. The monoisotopic (exact) mass is 186 g/mol. The van der Waals surface area contributed by atoms with Crippen LogP contribution in [0.5, 0.6) is 0 Å². The van der Waals surface area contributed by atoms with Gasteiger partial charge in [-0.25, -0.2) is 4.79 Å². The maximum Gasteiger partial charge on any atom is 0.338 e. The molecule has 0 aliphatic heterocycles. The van der Waals surface area contributed by atoms with Gasteiger partial charge in [0, 0.05) is 12.8 Å². The number of carbonyl (C=O) groups excluding carboxylic acids is 2. The van der Waals surface area contributed by atoms with Crippen molar-refractivity contribution in [3.63, 3.8) is 0 Å². The lowest BCUT2D eigenvalue weighted by molar-refractivity contribution is -0.169. The largest absolute Gasteiger partial charge is 0.464 e. The molecule has 0 aromatic heterocycles. The maximum atomic E-state index is 11.2. The van der Waals surface area contributed by atoms with Crippen molar-refractivity contribution in [3.8, 4) is 0 Å². The minimum atomic E-state index is -1.41. The Morgan fingerprint density at radius 3 is 2.54 bits per heavy atom. The number of aliphatic hydroxyl groups is 1. The highest BCUT2D eigenvalue weighted by atomic mass is 16.5. The molecule has 74 valence electrons. The second-order valence-electron chi connectivity index (χ2n) is 3.29. The van der Waals surface area contributed by atoms with Crippen LogP contribution < -0.4 is 0 Å². The zero-order valence-corrected chi connectivity index (χ0v) is 7.71.